The molecule has 1 saturated heterocycles. The highest BCUT2D eigenvalue weighted by molar-refractivity contribution is 9.10. The van der Waals surface area contributed by atoms with E-state index in [2.05, 4.69) is 20.9 Å². The first-order valence-corrected chi connectivity index (χ1v) is 7.99. The summed E-state index contributed by atoms with van der Waals surface area (Å²) in [5, 5.41) is 0. The molecule has 2 aromatic rings. The molecule has 1 aromatic carbocycles. The van der Waals surface area contributed by atoms with Crippen LogP contribution in [0.25, 0.3) is 11.0 Å². The highest BCUT2D eigenvalue weighted by Gasteiger charge is 2.18. The molecule has 0 aliphatic carbocycles. The Morgan fingerprint density at radius 2 is 2.35 bits per heavy atom. The Morgan fingerprint density at radius 1 is 1.50 bits per heavy atom. The summed E-state index contributed by atoms with van der Waals surface area (Å²) in [4.78, 5) is 4.48. The van der Waals surface area contributed by atoms with Gasteiger partial charge in [0.1, 0.15) is 11.6 Å². The van der Waals surface area contributed by atoms with E-state index in [9.17, 15) is 4.39 Å². The Hall–Kier alpha value is -0.650. The third-order valence-corrected chi connectivity index (χ3v) is 4.62. The largest absolute Gasteiger partial charge is 0.381 e. The lowest BCUT2D eigenvalue weighted by atomic mass is 10.1. The maximum atomic E-state index is 13.7. The lowest BCUT2D eigenvalue weighted by Gasteiger charge is -2.11. The number of halogens is 3. The van der Waals surface area contributed by atoms with Crippen molar-refractivity contribution in [3.05, 3.63) is 28.2 Å². The van der Waals surface area contributed by atoms with E-state index in [1.165, 1.54) is 6.07 Å². The van der Waals surface area contributed by atoms with Gasteiger partial charge >= 0.3 is 0 Å². The van der Waals surface area contributed by atoms with Gasteiger partial charge in [-0.2, -0.15) is 0 Å². The van der Waals surface area contributed by atoms with Gasteiger partial charge in [-0.25, -0.2) is 9.37 Å². The monoisotopic (exact) mass is 360 g/mol. The average molecular weight is 362 g/mol. The zero-order valence-corrected chi connectivity index (χ0v) is 13.3. The molecule has 0 bridgehead atoms. The van der Waals surface area contributed by atoms with Gasteiger partial charge in [0.2, 0.25) is 0 Å². The number of aromatic nitrogens is 2. The van der Waals surface area contributed by atoms with E-state index in [-0.39, 0.29) is 5.82 Å². The van der Waals surface area contributed by atoms with Crippen molar-refractivity contribution in [2.75, 3.05) is 13.2 Å². The van der Waals surface area contributed by atoms with Crippen LogP contribution in [0.4, 0.5) is 4.39 Å². The van der Waals surface area contributed by atoms with Crippen LogP contribution < -0.4 is 0 Å². The molecule has 1 unspecified atom stereocenters. The number of imidazole rings is 1. The van der Waals surface area contributed by atoms with Gasteiger partial charge < -0.3 is 9.30 Å². The number of fused-ring (bicyclic) bond motifs is 1. The molecule has 1 aromatic heterocycles. The lowest BCUT2D eigenvalue weighted by molar-refractivity contribution is 0.183. The first kappa shape index (κ1) is 14.3. The number of nitrogens with zero attached hydrogens (tertiary/aromatic N) is 2. The van der Waals surface area contributed by atoms with Gasteiger partial charge in [-0.1, -0.05) is 0 Å². The third-order valence-electron chi connectivity index (χ3n) is 3.77. The zero-order chi connectivity index (χ0) is 14.1. The van der Waals surface area contributed by atoms with Crippen molar-refractivity contribution < 1.29 is 9.13 Å². The van der Waals surface area contributed by atoms with Crippen LogP contribution in [0.15, 0.2) is 16.6 Å². The summed E-state index contributed by atoms with van der Waals surface area (Å²) in [6, 6.07) is 3.23. The van der Waals surface area contributed by atoms with Crippen LogP contribution in [0.2, 0.25) is 0 Å². The standard InChI is InChI=1S/C14H15BrClFN2O/c15-10-5-12-13(6-11(10)17)19(14(7-16)18-12)3-1-9-2-4-20-8-9/h5-6,9H,1-4,7-8H2. The van der Waals surface area contributed by atoms with E-state index in [1.54, 1.807) is 6.07 Å². The number of rotatable bonds is 4. The minimum Gasteiger partial charge on any atom is -0.381 e. The van der Waals surface area contributed by atoms with E-state index >= 15 is 0 Å². The minimum absolute atomic E-state index is 0.274. The summed E-state index contributed by atoms with van der Waals surface area (Å²) >= 11 is 9.16. The highest BCUT2D eigenvalue weighted by Crippen LogP contribution is 2.26. The summed E-state index contributed by atoms with van der Waals surface area (Å²) in [7, 11) is 0. The molecule has 0 N–H and O–H groups in total. The van der Waals surface area contributed by atoms with Crippen molar-refractivity contribution in [3.8, 4) is 0 Å². The fraction of sp³-hybridized carbons (Fsp3) is 0.500. The molecule has 1 aliphatic heterocycles. The number of ether oxygens (including phenoxy) is 1. The first-order chi connectivity index (χ1) is 9.69. The minimum atomic E-state index is -0.274. The van der Waals surface area contributed by atoms with Crippen LogP contribution in [0.5, 0.6) is 0 Å². The van der Waals surface area contributed by atoms with Crippen molar-refractivity contribution in [2.45, 2.75) is 25.3 Å². The second-order valence-electron chi connectivity index (χ2n) is 5.09. The van der Waals surface area contributed by atoms with Gasteiger partial charge in [0, 0.05) is 25.8 Å². The molecule has 0 spiro atoms. The Morgan fingerprint density at radius 3 is 3.05 bits per heavy atom. The molecule has 0 radical (unpaired) electrons. The van der Waals surface area contributed by atoms with Crippen LogP contribution in [-0.2, 0) is 17.2 Å². The Balaban J connectivity index is 1.92. The molecule has 108 valence electrons. The number of hydrogen-bond acceptors (Lipinski definition) is 2. The number of benzene rings is 1. The van der Waals surface area contributed by atoms with Crippen molar-refractivity contribution in [3.63, 3.8) is 0 Å². The number of aryl methyl sites for hydroxylation is 1. The van der Waals surface area contributed by atoms with E-state index in [1.807, 2.05) is 4.57 Å². The second kappa shape index (κ2) is 6.00. The van der Waals surface area contributed by atoms with Crippen molar-refractivity contribution >= 4 is 38.6 Å². The molecular weight excluding hydrogens is 347 g/mol. The highest BCUT2D eigenvalue weighted by atomic mass is 79.9. The van der Waals surface area contributed by atoms with Crippen molar-refractivity contribution in [2.24, 2.45) is 5.92 Å². The summed E-state index contributed by atoms with van der Waals surface area (Å²) < 4.78 is 21.6. The summed E-state index contributed by atoms with van der Waals surface area (Å²) in [6.07, 6.45) is 2.11. The predicted molar refractivity (Wildman–Crippen MR) is 80.5 cm³/mol. The van der Waals surface area contributed by atoms with E-state index in [4.69, 9.17) is 16.3 Å². The summed E-state index contributed by atoms with van der Waals surface area (Å²) in [5.41, 5.74) is 1.58. The predicted octanol–water partition coefficient (Wildman–Crippen LogP) is 4.10. The Bertz CT molecular complexity index is 625. The Labute approximate surface area is 130 Å². The van der Waals surface area contributed by atoms with Gasteiger partial charge in [-0.05, 0) is 40.8 Å². The van der Waals surface area contributed by atoms with Crippen LogP contribution >= 0.6 is 27.5 Å². The maximum Gasteiger partial charge on any atom is 0.139 e. The molecule has 20 heavy (non-hydrogen) atoms. The molecule has 1 fully saturated rings. The number of hydrogen-bond donors (Lipinski definition) is 0. The van der Waals surface area contributed by atoms with E-state index in [0.29, 0.717) is 16.3 Å². The molecule has 3 nitrogen and oxygen atoms in total. The van der Waals surface area contributed by atoms with Gasteiger partial charge in [0.05, 0.1) is 21.4 Å². The lowest BCUT2D eigenvalue weighted by Crippen LogP contribution is -2.08. The van der Waals surface area contributed by atoms with Crippen molar-refractivity contribution in [1.82, 2.24) is 9.55 Å². The molecule has 0 amide bonds. The first-order valence-electron chi connectivity index (χ1n) is 6.67. The third kappa shape index (κ3) is 2.71. The van der Waals surface area contributed by atoms with Crippen molar-refractivity contribution in [1.29, 1.82) is 0 Å². The average Bonchev–Trinajstić information content (AvgIpc) is 3.05. The molecule has 1 atom stereocenters. The quantitative estimate of drug-likeness (QED) is 0.767. The van der Waals surface area contributed by atoms with Gasteiger partial charge in [-0.3, -0.25) is 0 Å². The smallest absolute Gasteiger partial charge is 0.139 e. The van der Waals surface area contributed by atoms with Crippen LogP contribution in [0.1, 0.15) is 18.7 Å². The SMILES string of the molecule is Fc1cc2c(cc1Br)nc(CCl)n2CCC1CCOC1. The van der Waals surface area contributed by atoms with Gasteiger partial charge in [0.15, 0.2) is 0 Å². The zero-order valence-electron chi connectivity index (χ0n) is 10.9. The molecule has 2 heterocycles. The topological polar surface area (TPSA) is 27.1 Å². The van der Waals surface area contributed by atoms with Crippen LogP contribution in [-0.4, -0.2) is 22.8 Å². The number of alkyl halides is 1. The maximum absolute atomic E-state index is 13.7. The van der Waals surface area contributed by atoms with E-state index < -0.39 is 0 Å². The normalized spacial score (nSPS) is 19.1. The molecule has 1 aliphatic rings. The Kier molecular flexibility index (Phi) is 4.29. The van der Waals surface area contributed by atoms with Gasteiger partial charge in [-0.15, -0.1) is 11.6 Å². The van der Waals surface area contributed by atoms with Crippen LogP contribution in [0.3, 0.4) is 0 Å². The fourth-order valence-corrected chi connectivity index (χ4v) is 3.18. The summed E-state index contributed by atoms with van der Waals surface area (Å²) in [5.74, 6) is 1.42. The molecule has 3 rings (SSSR count). The summed E-state index contributed by atoms with van der Waals surface area (Å²) in [6.45, 7) is 2.47. The van der Waals surface area contributed by atoms with Gasteiger partial charge in [0.25, 0.3) is 0 Å². The molecular formula is C14H15BrClFN2O. The van der Waals surface area contributed by atoms with E-state index in [0.717, 1.165) is 49.5 Å². The second-order valence-corrected chi connectivity index (χ2v) is 6.21. The molecule has 6 heteroatoms. The fourth-order valence-electron chi connectivity index (χ4n) is 2.64. The van der Waals surface area contributed by atoms with Crippen LogP contribution in [0, 0.1) is 11.7 Å². The molecule has 0 saturated carbocycles.